The van der Waals surface area contributed by atoms with Crippen molar-refractivity contribution < 1.29 is 24.2 Å². The molecule has 0 unspecified atom stereocenters. The first kappa shape index (κ1) is 22.0. The summed E-state index contributed by atoms with van der Waals surface area (Å²) in [4.78, 5) is 36.9. The molecule has 0 spiro atoms. The Morgan fingerprint density at radius 1 is 0.875 bits per heavy atom. The van der Waals surface area contributed by atoms with Gasteiger partial charge in [-0.15, -0.1) is 0 Å². The van der Waals surface area contributed by atoms with Gasteiger partial charge in [-0.3, -0.25) is 14.4 Å². The lowest BCUT2D eigenvalue weighted by atomic mass is 10.1. The summed E-state index contributed by atoms with van der Waals surface area (Å²) in [7, 11) is 1.40. The van der Waals surface area contributed by atoms with Gasteiger partial charge in [0.15, 0.2) is 11.5 Å². The summed E-state index contributed by atoms with van der Waals surface area (Å²) >= 11 is 0. The number of hydrogen-bond acceptors (Lipinski definition) is 6. The Hall–Kier alpha value is -4.66. The smallest absolute Gasteiger partial charge is 0.329 e. The topological polar surface area (TPSA) is 129 Å². The summed E-state index contributed by atoms with van der Waals surface area (Å²) < 4.78 is 4.99. The van der Waals surface area contributed by atoms with Crippen LogP contribution in [0, 0.1) is 0 Å². The first-order valence-corrected chi connectivity index (χ1v) is 9.45. The molecule has 4 N–H and O–H groups in total. The molecule has 0 aromatic heterocycles. The van der Waals surface area contributed by atoms with Crippen molar-refractivity contribution in [2.75, 3.05) is 17.7 Å². The van der Waals surface area contributed by atoms with E-state index in [0.717, 1.165) is 0 Å². The second kappa shape index (κ2) is 10.4. The van der Waals surface area contributed by atoms with Crippen molar-refractivity contribution >= 4 is 35.3 Å². The number of hydrogen-bond donors (Lipinski definition) is 4. The zero-order chi connectivity index (χ0) is 22.9. The van der Waals surface area contributed by atoms with E-state index in [1.165, 1.54) is 25.5 Å². The van der Waals surface area contributed by atoms with E-state index in [2.05, 4.69) is 21.2 Å². The highest BCUT2D eigenvalue weighted by atomic mass is 16.5. The first-order chi connectivity index (χ1) is 15.5. The van der Waals surface area contributed by atoms with Crippen LogP contribution in [0.25, 0.3) is 0 Å². The van der Waals surface area contributed by atoms with E-state index < -0.39 is 17.7 Å². The number of para-hydroxylation sites is 3. The maximum atomic E-state index is 12.6. The highest BCUT2D eigenvalue weighted by Crippen LogP contribution is 2.27. The molecular weight excluding hydrogens is 412 g/mol. The van der Waals surface area contributed by atoms with Gasteiger partial charge in [-0.2, -0.15) is 5.10 Å². The number of aromatic hydroxyl groups is 1. The van der Waals surface area contributed by atoms with Crippen LogP contribution in [0.15, 0.2) is 77.9 Å². The van der Waals surface area contributed by atoms with Crippen LogP contribution in [0.4, 0.5) is 11.4 Å². The van der Waals surface area contributed by atoms with Crippen molar-refractivity contribution in [2.24, 2.45) is 5.10 Å². The van der Waals surface area contributed by atoms with Gasteiger partial charge in [0.1, 0.15) is 0 Å². The van der Waals surface area contributed by atoms with E-state index in [9.17, 15) is 19.5 Å². The molecule has 0 aliphatic rings. The first-order valence-electron chi connectivity index (χ1n) is 9.45. The fourth-order valence-corrected chi connectivity index (χ4v) is 2.71. The number of methoxy groups -OCH3 is 1. The Morgan fingerprint density at radius 2 is 1.59 bits per heavy atom. The number of benzene rings is 3. The Labute approximate surface area is 183 Å². The van der Waals surface area contributed by atoms with Gasteiger partial charge >= 0.3 is 11.8 Å². The van der Waals surface area contributed by atoms with E-state index >= 15 is 0 Å². The number of amides is 3. The minimum atomic E-state index is -1.05. The number of hydrazone groups is 1. The lowest BCUT2D eigenvalue weighted by Crippen LogP contribution is -2.33. The zero-order valence-corrected chi connectivity index (χ0v) is 17.0. The summed E-state index contributed by atoms with van der Waals surface area (Å²) in [6.07, 6.45) is 1.17. The van der Waals surface area contributed by atoms with Crippen LogP contribution in [0.3, 0.4) is 0 Å². The molecule has 162 valence electrons. The molecule has 0 radical (unpaired) electrons. The molecule has 0 aliphatic carbocycles. The van der Waals surface area contributed by atoms with Crippen LogP contribution in [0.5, 0.6) is 11.5 Å². The quantitative estimate of drug-likeness (QED) is 0.270. The Bertz CT molecular complexity index is 1160. The molecule has 0 heterocycles. The third-order valence-electron chi connectivity index (χ3n) is 4.28. The molecule has 9 heteroatoms. The summed E-state index contributed by atoms with van der Waals surface area (Å²) in [5.74, 6) is -2.43. The van der Waals surface area contributed by atoms with E-state index in [-0.39, 0.29) is 28.3 Å². The number of nitrogens with one attached hydrogen (secondary N) is 3. The number of carbonyl (C=O) groups is 3. The molecule has 0 saturated carbocycles. The number of nitrogens with zero attached hydrogens (tertiary/aromatic N) is 1. The number of phenols is 1. The summed E-state index contributed by atoms with van der Waals surface area (Å²) in [5, 5.41) is 18.8. The van der Waals surface area contributed by atoms with Crippen LogP contribution in [0.1, 0.15) is 15.9 Å². The average molecular weight is 432 g/mol. The molecule has 3 aromatic rings. The second-order valence-electron chi connectivity index (χ2n) is 6.42. The Kier molecular flexibility index (Phi) is 7.16. The number of phenolic OH excluding ortho intramolecular Hbond substituents is 1. The lowest BCUT2D eigenvalue weighted by molar-refractivity contribution is -0.136. The van der Waals surface area contributed by atoms with Crippen LogP contribution in [-0.4, -0.2) is 36.2 Å². The minimum absolute atomic E-state index is 0.157. The highest BCUT2D eigenvalue weighted by molar-refractivity contribution is 6.40. The Balaban J connectivity index is 1.64. The normalized spacial score (nSPS) is 10.4. The van der Waals surface area contributed by atoms with Gasteiger partial charge in [0.2, 0.25) is 0 Å². The SMILES string of the molecule is COc1cccc(/C=N\NC(=O)C(=O)Nc2ccccc2C(=O)Nc2ccccc2)c1O. The van der Waals surface area contributed by atoms with E-state index in [4.69, 9.17) is 4.74 Å². The van der Waals surface area contributed by atoms with Gasteiger partial charge in [0, 0.05) is 11.3 Å². The Morgan fingerprint density at radius 3 is 2.34 bits per heavy atom. The number of rotatable bonds is 6. The standard InChI is InChI=1S/C23H20N4O5/c1-32-19-13-7-8-15(20(19)28)14-24-27-23(31)22(30)26-18-12-6-5-11-17(18)21(29)25-16-9-3-2-4-10-16/h2-14,28H,1H3,(H,25,29)(H,26,30)(H,27,31)/b24-14-. The van der Waals surface area contributed by atoms with Crippen LogP contribution < -0.4 is 20.8 Å². The molecule has 0 saturated heterocycles. The second-order valence-corrected chi connectivity index (χ2v) is 6.42. The maximum Gasteiger partial charge on any atom is 0.329 e. The summed E-state index contributed by atoms with van der Waals surface area (Å²) in [6, 6.07) is 19.9. The largest absolute Gasteiger partial charge is 0.504 e. The fraction of sp³-hybridized carbons (Fsp3) is 0.0435. The summed E-state index contributed by atoms with van der Waals surface area (Å²) in [6.45, 7) is 0. The van der Waals surface area contributed by atoms with Gasteiger partial charge in [0.05, 0.1) is 24.6 Å². The molecule has 3 rings (SSSR count). The zero-order valence-electron chi connectivity index (χ0n) is 17.0. The molecule has 9 nitrogen and oxygen atoms in total. The number of anilines is 2. The molecule has 0 aliphatic heterocycles. The van der Waals surface area contributed by atoms with Crippen molar-refractivity contribution in [3.8, 4) is 11.5 Å². The van der Waals surface area contributed by atoms with Crippen molar-refractivity contribution in [3.05, 3.63) is 83.9 Å². The van der Waals surface area contributed by atoms with E-state index in [0.29, 0.717) is 5.69 Å². The van der Waals surface area contributed by atoms with Gasteiger partial charge in [-0.05, 0) is 36.4 Å². The molecule has 0 bridgehead atoms. The van der Waals surface area contributed by atoms with Crippen molar-refractivity contribution in [1.29, 1.82) is 0 Å². The maximum absolute atomic E-state index is 12.6. The number of ether oxygens (including phenoxy) is 1. The number of carbonyl (C=O) groups excluding carboxylic acids is 3. The summed E-state index contributed by atoms with van der Waals surface area (Å²) in [5.41, 5.74) is 3.29. The van der Waals surface area contributed by atoms with Gasteiger partial charge in [-0.25, -0.2) is 5.43 Å². The third-order valence-corrected chi connectivity index (χ3v) is 4.28. The molecule has 0 fully saturated rings. The predicted molar refractivity (Wildman–Crippen MR) is 120 cm³/mol. The van der Waals surface area contributed by atoms with Crippen molar-refractivity contribution in [1.82, 2.24) is 5.43 Å². The van der Waals surface area contributed by atoms with Crippen molar-refractivity contribution in [2.45, 2.75) is 0 Å². The predicted octanol–water partition coefficient (Wildman–Crippen LogP) is 2.74. The molecule has 3 aromatic carbocycles. The molecule has 0 atom stereocenters. The molecule has 32 heavy (non-hydrogen) atoms. The highest BCUT2D eigenvalue weighted by Gasteiger charge is 2.18. The monoisotopic (exact) mass is 432 g/mol. The van der Waals surface area contributed by atoms with E-state index in [1.807, 2.05) is 6.07 Å². The minimum Gasteiger partial charge on any atom is -0.504 e. The third kappa shape index (κ3) is 5.48. The fourth-order valence-electron chi connectivity index (χ4n) is 2.71. The van der Waals surface area contributed by atoms with Gasteiger partial charge in [-0.1, -0.05) is 36.4 Å². The van der Waals surface area contributed by atoms with Crippen molar-refractivity contribution in [3.63, 3.8) is 0 Å². The van der Waals surface area contributed by atoms with E-state index in [1.54, 1.807) is 54.6 Å². The van der Waals surface area contributed by atoms with Gasteiger partial charge < -0.3 is 20.5 Å². The molecular formula is C23H20N4O5. The van der Waals surface area contributed by atoms with Crippen LogP contribution in [-0.2, 0) is 9.59 Å². The molecule has 3 amide bonds. The lowest BCUT2D eigenvalue weighted by Gasteiger charge is -2.11. The average Bonchev–Trinajstić information content (AvgIpc) is 2.81. The van der Waals surface area contributed by atoms with Gasteiger partial charge in [0.25, 0.3) is 5.91 Å². The van der Waals surface area contributed by atoms with Crippen LogP contribution in [0.2, 0.25) is 0 Å². The van der Waals surface area contributed by atoms with Crippen LogP contribution >= 0.6 is 0 Å².